The van der Waals surface area contributed by atoms with Crippen LogP contribution in [0.2, 0.25) is 0 Å². The van der Waals surface area contributed by atoms with E-state index in [9.17, 15) is 9.59 Å². The molecule has 5 nitrogen and oxygen atoms in total. The van der Waals surface area contributed by atoms with E-state index in [-0.39, 0.29) is 11.8 Å². The quantitative estimate of drug-likeness (QED) is 0.794. The van der Waals surface area contributed by atoms with Crippen LogP contribution in [0.3, 0.4) is 0 Å². The highest BCUT2D eigenvalue weighted by Crippen LogP contribution is 2.15. The molecule has 0 atom stereocenters. The molecule has 114 valence electrons. The molecular weight excluding hydrogens is 393 g/mol. The number of nitrogens with zero attached hydrogens (tertiary/aromatic N) is 2. The van der Waals surface area contributed by atoms with Crippen molar-refractivity contribution < 1.29 is 9.59 Å². The van der Waals surface area contributed by atoms with E-state index in [1.807, 2.05) is 24.3 Å². The first kappa shape index (κ1) is 16.4. The van der Waals surface area contributed by atoms with Gasteiger partial charge < -0.3 is 10.2 Å². The number of anilines is 1. The number of halogens is 1. The molecule has 0 fully saturated rings. The Hall–Kier alpha value is -1.96. The summed E-state index contributed by atoms with van der Waals surface area (Å²) < 4.78 is 1.04. The summed E-state index contributed by atoms with van der Waals surface area (Å²) in [5, 5.41) is 2.83. The lowest BCUT2D eigenvalue weighted by Gasteiger charge is -2.12. The average Bonchev–Trinajstić information content (AvgIpc) is 2.46. The average molecular weight is 409 g/mol. The highest BCUT2D eigenvalue weighted by molar-refractivity contribution is 14.1. The summed E-state index contributed by atoms with van der Waals surface area (Å²) in [6.07, 6.45) is 0. The predicted molar refractivity (Wildman–Crippen MR) is 94.1 cm³/mol. The van der Waals surface area contributed by atoms with Crippen molar-refractivity contribution in [2.24, 2.45) is 0 Å². The second-order valence-electron chi connectivity index (χ2n) is 4.99. The fourth-order valence-electron chi connectivity index (χ4n) is 1.91. The number of hydrogen-bond donors (Lipinski definition) is 1. The smallest absolute Gasteiger partial charge is 0.271 e. The van der Waals surface area contributed by atoms with E-state index in [1.165, 1.54) is 4.90 Å². The third kappa shape index (κ3) is 3.82. The number of aryl methyl sites for hydroxylation is 1. The molecule has 2 amide bonds. The van der Waals surface area contributed by atoms with Gasteiger partial charge in [0.25, 0.3) is 11.8 Å². The molecule has 1 aromatic heterocycles. The summed E-state index contributed by atoms with van der Waals surface area (Å²) in [6, 6.07) is 10.7. The zero-order valence-corrected chi connectivity index (χ0v) is 14.7. The van der Waals surface area contributed by atoms with Gasteiger partial charge in [-0.15, -0.1) is 0 Å². The van der Waals surface area contributed by atoms with Crippen molar-refractivity contribution in [2.45, 2.75) is 6.92 Å². The normalized spacial score (nSPS) is 10.2. The van der Waals surface area contributed by atoms with Crippen molar-refractivity contribution in [1.82, 2.24) is 9.88 Å². The lowest BCUT2D eigenvalue weighted by Crippen LogP contribution is -2.23. The molecular formula is C16H16IN3O2. The van der Waals surface area contributed by atoms with Crippen LogP contribution in [0.25, 0.3) is 0 Å². The molecule has 0 radical (unpaired) electrons. The number of nitrogens with one attached hydrogen (secondary N) is 1. The summed E-state index contributed by atoms with van der Waals surface area (Å²) in [4.78, 5) is 29.9. The molecule has 0 saturated carbocycles. The highest BCUT2D eigenvalue weighted by atomic mass is 127. The third-order valence-electron chi connectivity index (χ3n) is 3.04. The van der Waals surface area contributed by atoms with Gasteiger partial charge in [0.1, 0.15) is 5.69 Å². The number of carbonyl (C=O) groups is 2. The molecule has 0 saturated heterocycles. The summed E-state index contributed by atoms with van der Waals surface area (Å²) in [5.74, 6) is -0.427. The van der Waals surface area contributed by atoms with Crippen LogP contribution in [0, 0.1) is 10.5 Å². The summed E-state index contributed by atoms with van der Waals surface area (Å²) >= 11 is 2.19. The van der Waals surface area contributed by atoms with Crippen molar-refractivity contribution in [3.63, 3.8) is 0 Å². The van der Waals surface area contributed by atoms with Crippen molar-refractivity contribution in [3.8, 4) is 0 Å². The molecule has 6 heteroatoms. The van der Waals surface area contributed by atoms with E-state index in [0.29, 0.717) is 17.0 Å². The number of pyridine rings is 1. The number of rotatable bonds is 3. The first-order chi connectivity index (χ1) is 10.4. The van der Waals surface area contributed by atoms with Gasteiger partial charge in [0, 0.05) is 23.4 Å². The Balaban J connectivity index is 2.22. The van der Waals surface area contributed by atoms with Gasteiger partial charge in [0.15, 0.2) is 0 Å². The third-order valence-corrected chi connectivity index (χ3v) is 3.71. The fourth-order valence-corrected chi connectivity index (χ4v) is 2.46. The second kappa shape index (κ2) is 6.87. The minimum Gasteiger partial charge on any atom is -0.343 e. The van der Waals surface area contributed by atoms with Gasteiger partial charge in [-0.05, 0) is 59.8 Å². The molecule has 22 heavy (non-hydrogen) atoms. The lowest BCUT2D eigenvalue weighted by atomic mass is 10.1. The Morgan fingerprint density at radius 3 is 2.50 bits per heavy atom. The molecule has 0 aliphatic carbocycles. The summed E-state index contributed by atoms with van der Waals surface area (Å²) in [7, 11) is 3.33. The van der Waals surface area contributed by atoms with Crippen LogP contribution in [0.1, 0.15) is 26.5 Å². The van der Waals surface area contributed by atoms with Crippen molar-refractivity contribution in [2.75, 3.05) is 19.4 Å². The SMILES string of the molecule is Cc1nc(C(=O)N(C)C)ccc1C(=O)Nc1cccc(I)c1. The van der Waals surface area contributed by atoms with Crippen molar-refractivity contribution >= 4 is 40.1 Å². The van der Waals surface area contributed by atoms with Gasteiger partial charge in [-0.3, -0.25) is 9.59 Å². The minimum atomic E-state index is -0.240. The zero-order valence-electron chi connectivity index (χ0n) is 12.6. The number of carbonyl (C=O) groups excluding carboxylic acids is 2. The molecule has 1 aromatic carbocycles. The molecule has 0 bridgehead atoms. The van der Waals surface area contributed by atoms with Crippen molar-refractivity contribution in [1.29, 1.82) is 0 Å². The molecule has 0 aliphatic heterocycles. The molecule has 0 spiro atoms. The molecule has 1 N–H and O–H groups in total. The van der Waals surface area contributed by atoms with E-state index in [2.05, 4.69) is 32.9 Å². The van der Waals surface area contributed by atoms with Gasteiger partial charge in [-0.1, -0.05) is 6.07 Å². The van der Waals surface area contributed by atoms with Gasteiger partial charge in [-0.25, -0.2) is 4.98 Å². The summed E-state index contributed by atoms with van der Waals surface area (Å²) in [6.45, 7) is 1.72. The van der Waals surface area contributed by atoms with Gasteiger partial charge in [-0.2, -0.15) is 0 Å². The first-order valence-corrected chi connectivity index (χ1v) is 7.72. The Morgan fingerprint density at radius 1 is 1.18 bits per heavy atom. The van der Waals surface area contributed by atoms with E-state index in [0.717, 1.165) is 9.26 Å². The van der Waals surface area contributed by atoms with Crippen LogP contribution in [-0.2, 0) is 0 Å². The van der Waals surface area contributed by atoms with Crippen molar-refractivity contribution in [3.05, 3.63) is 56.9 Å². The molecule has 1 heterocycles. The molecule has 0 aliphatic rings. The zero-order chi connectivity index (χ0) is 16.3. The maximum atomic E-state index is 12.3. The largest absolute Gasteiger partial charge is 0.343 e. The standard InChI is InChI=1S/C16H16IN3O2/c1-10-13(7-8-14(18-10)16(22)20(2)3)15(21)19-12-6-4-5-11(17)9-12/h4-9H,1-3H3,(H,19,21). The van der Waals surface area contributed by atoms with Gasteiger partial charge in [0.05, 0.1) is 11.3 Å². The topological polar surface area (TPSA) is 62.3 Å². The summed E-state index contributed by atoms with van der Waals surface area (Å²) in [5.41, 5.74) is 2.03. The van der Waals surface area contributed by atoms with Crippen LogP contribution in [-0.4, -0.2) is 35.8 Å². The Bertz CT molecular complexity index is 729. The molecule has 0 unspecified atom stereocenters. The van der Waals surface area contributed by atoms with Crippen LogP contribution < -0.4 is 5.32 Å². The van der Waals surface area contributed by atoms with Crippen LogP contribution >= 0.6 is 22.6 Å². The maximum Gasteiger partial charge on any atom is 0.271 e. The van der Waals surface area contributed by atoms with E-state index < -0.39 is 0 Å². The lowest BCUT2D eigenvalue weighted by molar-refractivity contribution is 0.0821. The molecule has 2 rings (SSSR count). The van der Waals surface area contributed by atoms with Crippen LogP contribution in [0.15, 0.2) is 36.4 Å². The van der Waals surface area contributed by atoms with E-state index in [1.54, 1.807) is 33.2 Å². The Labute approximate surface area is 142 Å². The highest BCUT2D eigenvalue weighted by Gasteiger charge is 2.15. The van der Waals surface area contributed by atoms with Crippen LogP contribution in [0.4, 0.5) is 5.69 Å². The first-order valence-electron chi connectivity index (χ1n) is 6.64. The van der Waals surface area contributed by atoms with E-state index in [4.69, 9.17) is 0 Å². The number of amides is 2. The number of hydrogen-bond acceptors (Lipinski definition) is 3. The maximum absolute atomic E-state index is 12.3. The monoisotopic (exact) mass is 409 g/mol. The van der Waals surface area contributed by atoms with E-state index >= 15 is 0 Å². The number of aromatic nitrogens is 1. The van der Waals surface area contributed by atoms with Gasteiger partial charge in [0.2, 0.25) is 0 Å². The van der Waals surface area contributed by atoms with Crippen LogP contribution in [0.5, 0.6) is 0 Å². The Morgan fingerprint density at radius 2 is 1.91 bits per heavy atom. The minimum absolute atomic E-state index is 0.187. The Kier molecular flexibility index (Phi) is 5.12. The molecule has 2 aromatic rings. The fraction of sp³-hybridized carbons (Fsp3) is 0.188. The number of benzene rings is 1. The predicted octanol–water partition coefficient (Wildman–Crippen LogP) is 2.95. The van der Waals surface area contributed by atoms with Gasteiger partial charge >= 0.3 is 0 Å². The second-order valence-corrected chi connectivity index (χ2v) is 6.24.